The second kappa shape index (κ2) is 8.44. The van der Waals surface area contributed by atoms with Crippen LogP contribution in [0.1, 0.15) is 11.1 Å². The molecule has 150 valence electrons. The van der Waals surface area contributed by atoms with Crippen LogP contribution in [0.5, 0.6) is 0 Å². The highest BCUT2D eigenvalue weighted by molar-refractivity contribution is 8.00. The number of nitrogens with zero attached hydrogens (tertiary/aromatic N) is 3. The molecule has 10 heteroatoms. The third-order valence-corrected chi connectivity index (χ3v) is 6.47. The Labute approximate surface area is 174 Å². The van der Waals surface area contributed by atoms with E-state index >= 15 is 0 Å². The van der Waals surface area contributed by atoms with Crippen LogP contribution in [0.3, 0.4) is 0 Å². The van der Waals surface area contributed by atoms with Gasteiger partial charge in [-0.2, -0.15) is 5.10 Å². The van der Waals surface area contributed by atoms with Gasteiger partial charge in [0.2, 0.25) is 0 Å². The Morgan fingerprint density at radius 2 is 2.21 bits per heavy atom. The number of non-ortho nitro benzene ring substituents is 1. The van der Waals surface area contributed by atoms with Gasteiger partial charge in [-0.1, -0.05) is 18.2 Å². The number of hydrogen-bond donors (Lipinski definition) is 0. The zero-order valence-electron chi connectivity index (χ0n) is 15.4. The van der Waals surface area contributed by atoms with Crippen LogP contribution >= 0.6 is 23.5 Å². The predicted octanol–water partition coefficient (Wildman–Crippen LogP) is 3.96. The number of nitro benzene ring substituents is 1. The second-order valence-electron chi connectivity index (χ2n) is 6.17. The molecule has 0 N–H and O–H groups in total. The lowest BCUT2D eigenvalue weighted by Crippen LogP contribution is -2.03. The molecule has 3 aromatic rings. The smallest absolute Gasteiger partial charge is 0.315 e. The number of ether oxygens (including phenoxy) is 2. The fourth-order valence-electron chi connectivity index (χ4n) is 3.08. The minimum atomic E-state index is -0.440. The Hall–Kier alpha value is -2.56. The van der Waals surface area contributed by atoms with Crippen LogP contribution in [-0.2, 0) is 14.3 Å². The molecule has 4 rings (SSSR count). The van der Waals surface area contributed by atoms with Crippen LogP contribution in [0.2, 0.25) is 0 Å². The molecule has 0 aliphatic carbocycles. The zero-order chi connectivity index (χ0) is 20.4. The van der Waals surface area contributed by atoms with E-state index in [2.05, 4.69) is 0 Å². The first-order chi connectivity index (χ1) is 14.1. The molecular weight excluding hydrogens is 414 g/mol. The van der Waals surface area contributed by atoms with Gasteiger partial charge in [-0.15, -0.1) is 23.5 Å². The number of carbonyl (C=O) groups excluding carboxylic acids is 1. The summed E-state index contributed by atoms with van der Waals surface area (Å²) in [6.45, 7) is 0.618. The second-order valence-corrected chi connectivity index (χ2v) is 8.35. The largest absolute Gasteiger partial charge is 0.468 e. The van der Waals surface area contributed by atoms with Crippen molar-refractivity contribution >= 4 is 46.1 Å². The van der Waals surface area contributed by atoms with Gasteiger partial charge < -0.3 is 9.47 Å². The molecule has 29 heavy (non-hydrogen) atoms. The van der Waals surface area contributed by atoms with Crippen molar-refractivity contribution in [2.45, 2.75) is 10.3 Å². The average Bonchev–Trinajstić information content (AvgIpc) is 3.40. The minimum absolute atomic E-state index is 0.0430. The summed E-state index contributed by atoms with van der Waals surface area (Å²) in [7, 11) is 1.31. The van der Waals surface area contributed by atoms with Crippen molar-refractivity contribution in [1.82, 2.24) is 9.78 Å². The first-order valence-electron chi connectivity index (χ1n) is 8.78. The fourth-order valence-corrected chi connectivity index (χ4v) is 4.96. The number of benzene rings is 2. The Kier molecular flexibility index (Phi) is 5.74. The third-order valence-electron chi connectivity index (χ3n) is 4.39. The molecule has 8 nitrogen and oxygen atoms in total. The summed E-state index contributed by atoms with van der Waals surface area (Å²) < 4.78 is 12.2. The predicted molar refractivity (Wildman–Crippen MR) is 112 cm³/mol. The fraction of sp³-hybridized carbons (Fsp3) is 0.263. The molecular formula is C19H17N3O5S2. The summed E-state index contributed by atoms with van der Waals surface area (Å²) in [5.74, 6) is 0.488. The molecule has 0 radical (unpaired) electrons. The molecule has 0 unspecified atom stereocenters. The van der Waals surface area contributed by atoms with Crippen molar-refractivity contribution < 1.29 is 19.2 Å². The highest BCUT2D eigenvalue weighted by atomic mass is 32.2. The zero-order valence-corrected chi connectivity index (χ0v) is 17.1. The van der Waals surface area contributed by atoms with E-state index < -0.39 is 10.9 Å². The van der Waals surface area contributed by atoms with E-state index in [9.17, 15) is 14.9 Å². The van der Waals surface area contributed by atoms with Crippen LogP contribution in [-0.4, -0.2) is 45.9 Å². The summed E-state index contributed by atoms with van der Waals surface area (Å²) >= 11 is 2.83. The maximum absolute atomic E-state index is 11.7. The van der Waals surface area contributed by atoms with E-state index in [1.807, 2.05) is 30.3 Å². The molecule has 1 saturated heterocycles. The number of hydrogen-bond acceptors (Lipinski definition) is 8. The Bertz CT molecular complexity index is 1060. The first kappa shape index (κ1) is 19.7. The molecule has 1 aromatic heterocycles. The lowest BCUT2D eigenvalue weighted by molar-refractivity contribution is -0.384. The summed E-state index contributed by atoms with van der Waals surface area (Å²) in [5, 5.41) is 17.1. The van der Waals surface area contributed by atoms with Crippen molar-refractivity contribution in [2.24, 2.45) is 0 Å². The van der Waals surface area contributed by atoms with Gasteiger partial charge in [-0.25, -0.2) is 4.68 Å². The molecule has 0 amide bonds. The Balaban J connectivity index is 1.95. The van der Waals surface area contributed by atoms with Gasteiger partial charge in [-0.3, -0.25) is 14.9 Å². The SMILES string of the molecule is COC(=O)CSc1cc([N+](=O)[O-])cc2c1c([C@@H]1OCCS1)nn2-c1ccccc1. The van der Waals surface area contributed by atoms with Gasteiger partial charge in [0.05, 0.1) is 35.6 Å². The van der Waals surface area contributed by atoms with Crippen molar-refractivity contribution in [3.63, 3.8) is 0 Å². The summed E-state index contributed by atoms with van der Waals surface area (Å²) in [6.07, 6.45) is 0. The number of fused-ring (bicyclic) bond motifs is 1. The van der Waals surface area contributed by atoms with E-state index in [4.69, 9.17) is 14.6 Å². The molecule has 1 aliphatic rings. The van der Waals surface area contributed by atoms with Gasteiger partial charge in [0.15, 0.2) is 0 Å². The maximum atomic E-state index is 11.7. The molecule has 2 aromatic carbocycles. The number of nitro groups is 1. The quantitative estimate of drug-likeness (QED) is 0.250. The van der Waals surface area contributed by atoms with Crippen molar-refractivity contribution in [3.05, 3.63) is 58.3 Å². The summed E-state index contributed by atoms with van der Waals surface area (Å²) in [6, 6.07) is 12.4. The van der Waals surface area contributed by atoms with E-state index in [1.165, 1.54) is 31.0 Å². The third kappa shape index (κ3) is 3.96. The van der Waals surface area contributed by atoms with Crippen LogP contribution < -0.4 is 0 Å². The maximum Gasteiger partial charge on any atom is 0.315 e. The van der Waals surface area contributed by atoms with Gasteiger partial charge in [-0.05, 0) is 12.1 Å². The number of aromatic nitrogens is 2. The highest BCUT2D eigenvalue weighted by Gasteiger charge is 2.29. The number of methoxy groups -OCH3 is 1. The Morgan fingerprint density at radius 3 is 2.86 bits per heavy atom. The number of thioether (sulfide) groups is 2. The lowest BCUT2D eigenvalue weighted by atomic mass is 10.2. The van der Waals surface area contributed by atoms with Crippen LogP contribution in [0.25, 0.3) is 16.6 Å². The van der Waals surface area contributed by atoms with Gasteiger partial charge in [0.1, 0.15) is 11.1 Å². The van der Waals surface area contributed by atoms with Crippen LogP contribution in [0.15, 0.2) is 47.4 Å². The topological polar surface area (TPSA) is 96.5 Å². The number of rotatable bonds is 6. The van der Waals surface area contributed by atoms with Gasteiger partial charge in [0.25, 0.3) is 5.69 Å². The molecule has 0 spiro atoms. The molecule has 0 saturated carbocycles. The molecule has 0 bridgehead atoms. The summed E-state index contributed by atoms with van der Waals surface area (Å²) in [4.78, 5) is 23.4. The molecule has 1 atom stereocenters. The van der Waals surface area contributed by atoms with E-state index in [0.717, 1.165) is 16.8 Å². The number of para-hydroxylation sites is 1. The highest BCUT2D eigenvalue weighted by Crippen LogP contribution is 2.43. The van der Waals surface area contributed by atoms with Crippen molar-refractivity contribution in [2.75, 3.05) is 25.2 Å². The molecule has 1 aliphatic heterocycles. The van der Waals surface area contributed by atoms with Crippen LogP contribution in [0.4, 0.5) is 5.69 Å². The van der Waals surface area contributed by atoms with E-state index in [1.54, 1.807) is 16.4 Å². The normalized spacial score (nSPS) is 16.2. The minimum Gasteiger partial charge on any atom is -0.468 e. The number of carbonyl (C=O) groups is 1. The molecule has 2 heterocycles. The average molecular weight is 431 g/mol. The van der Waals surface area contributed by atoms with Gasteiger partial charge in [0, 0.05) is 28.2 Å². The van der Waals surface area contributed by atoms with Crippen LogP contribution in [0, 0.1) is 10.1 Å². The van der Waals surface area contributed by atoms with E-state index in [0.29, 0.717) is 22.7 Å². The standard InChI is InChI=1S/C19H17N3O5S2/c1-26-16(23)11-29-15-10-13(22(24)25)9-14-17(15)18(19-27-7-8-28-19)20-21(14)12-5-3-2-4-6-12/h2-6,9-10,19H,7-8,11H2,1H3/t19-/m1/s1. The summed E-state index contributed by atoms with van der Waals surface area (Å²) in [5.41, 5.74) is 1.77. The monoisotopic (exact) mass is 431 g/mol. The van der Waals surface area contributed by atoms with Crippen molar-refractivity contribution in [1.29, 1.82) is 0 Å². The first-order valence-corrected chi connectivity index (χ1v) is 10.8. The number of esters is 1. The Morgan fingerprint density at radius 1 is 1.41 bits per heavy atom. The van der Waals surface area contributed by atoms with Crippen molar-refractivity contribution in [3.8, 4) is 5.69 Å². The lowest BCUT2D eigenvalue weighted by Gasteiger charge is -2.08. The van der Waals surface area contributed by atoms with Gasteiger partial charge >= 0.3 is 5.97 Å². The van der Waals surface area contributed by atoms with E-state index in [-0.39, 0.29) is 16.9 Å². The molecule has 1 fully saturated rings.